The summed E-state index contributed by atoms with van der Waals surface area (Å²) in [6.07, 6.45) is 4.65. The van der Waals surface area contributed by atoms with Crippen LogP contribution >= 0.6 is 0 Å². The Balaban J connectivity index is 1.09. The predicted molar refractivity (Wildman–Crippen MR) is 137 cm³/mol. The van der Waals surface area contributed by atoms with Gasteiger partial charge in [0.1, 0.15) is 24.1 Å². The van der Waals surface area contributed by atoms with E-state index in [0.29, 0.717) is 13.1 Å². The van der Waals surface area contributed by atoms with Crippen molar-refractivity contribution in [2.75, 3.05) is 19.7 Å². The zero-order valence-corrected chi connectivity index (χ0v) is 21.3. The van der Waals surface area contributed by atoms with Crippen LogP contribution in [0.4, 0.5) is 8.78 Å². The maximum Gasteiger partial charge on any atom is 0.335 e. The maximum absolute atomic E-state index is 13.9. The van der Waals surface area contributed by atoms with Crippen molar-refractivity contribution in [2.45, 2.75) is 51.0 Å². The Labute approximate surface area is 223 Å². The Bertz CT molecular complexity index is 1490. The zero-order chi connectivity index (χ0) is 26.9. The fourth-order valence-corrected chi connectivity index (χ4v) is 5.23. The third-order valence-electron chi connectivity index (χ3n) is 7.58. The summed E-state index contributed by atoms with van der Waals surface area (Å²) in [5, 5.41) is 14.0. The highest BCUT2D eigenvalue weighted by Gasteiger charge is 2.26. The molecule has 0 spiro atoms. The fraction of sp³-hybridized carbons (Fsp3) is 0.393. The van der Waals surface area contributed by atoms with Gasteiger partial charge in [0.15, 0.2) is 0 Å². The highest BCUT2D eigenvalue weighted by molar-refractivity contribution is 5.92. The van der Waals surface area contributed by atoms with Crippen molar-refractivity contribution >= 4 is 17.0 Å². The number of hydrogen-bond acceptors (Lipinski definition) is 6. The number of benzene rings is 2. The molecule has 39 heavy (non-hydrogen) atoms. The van der Waals surface area contributed by atoms with Crippen molar-refractivity contribution in [2.24, 2.45) is 0 Å². The smallest absolute Gasteiger partial charge is 0.335 e. The third kappa shape index (κ3) is 5.50. The van der Waals surface area contributed by atoms with Gasteiger partial charge in [-0.2, -0.15) is 0 Å². The number of aromatic carboxylic acids is 1. The highest BCUT2D eigenvalue weighted by atomic mass is 19.1. The molecule has 6 rings (SSSR count). The van der Waals surface area contributed by atoms with E-state index in [2.05, 4.69) is 14.6 Å². The molecular formula is C28H29F2N5O4. The second-order valence-electron chi connectivity index (χ2n) is 10.1. The van der Waals surface area contributed by atoms with Gasteiger partial charge in [0.25, 0.3) is 0 Å². The van der Waals surface area contributed by atoms with E-state index in [0.717, 1.165) is 67.6 Å². The van der Waals surface area contributed by atoms with Crippen molar-refractivity contribution in [3.8, 4) is 0 Å². The number of imidazole rings is 1. The molecule has 2 aromatic heterocycles. The molecule has 2 aromatic carbocycles. The zero-order valence-electron chi connectivity index (χ0n) is 21.3. The van der Waals surface area contributed by atoms with Gasteiger partial charge in [-0.05, 0) is 68.8 Å². The van der Waals surface area contributed by atoms with Crippen LogP contribution in [-0.2, 0) is 24.4 Å². The molecule has 0 bridgehead atoms. The SMILES string of the molecule is O=C(O)c1ccc2nc(CN3CCC(c4ccn(OCc5ccc(F)cc5F)n4)CC3)n(C[C@@H]3CCO3)c2c1. The van der Waals surface area contributed by atoms with Gasteiger partial charge in [-0.25, -0.2) is 18.6 Å². The van der Waals surface area contributed by atoms with Crippen LogP contribution < -0.4 is 4.84 Å². The number of rotatable bonds is 9. The van der Waals surface area contributed by atoms with Crippen LogP contribution in [0.15, 0.2) is 48.7 Å². The first kappa shape index (κ1) is 25.4. The first-order valence-corrected chi connectivity index (χ1v) is 13.1. The number of hydrogen-bond donors (Lipinski definition) is 1. The van der Waals surface area contributed by atoms with E-state index >= 15 is 0 Å². The van der Waals surface area contributed by atoms with E-state index in [4.69, 9.17) is 14.6 Å². The lowest BCUT2D eigenvalue weighted by atomic mass is 9.94. The van der Waals surface area contributed by atoms with Crippen molar-refractivity contribution in [1.82, 2.24) is 24.4 Å². The van der Waals surface area contributed by atoms with Gasteiger partial charge < -0.3 is 19.2 Å². The average molecular weight is 538 g/mol. The molecule has 0 radical (unpaired) electrons. The van der Waals surface area contributed by atoms with Crippen LogP contribution in [0.25, 0.3) is 11.0 Å². The maximum atomic E-state index is 13.9. The van der Waals surface area contributed by atoms with Gasteiger partial charge in [0.05, 0.1) is 47.7 Å². The molecule has 0 aliphatic carbocycles. The van der Waals surface area contributed by atoms with E-state index in [1.807, 2.05) is 6.07 Å². The molecule has 204 valence electrons. The summed E-state index contributed by atoms with van der Waals surface area (Å²) in [7, 11) is 0. The lowest BCUT2D eigenvalue weighted by Crippen LogP contribution is -2.35. The van der Waals surface area contributed by atoms with Crippen molar-refractivity contribution in [3.63, 3.8) is 0 Å². The number of carboxylic acid groups (broad SMARTS) is 1. The minimum Gasteiger partial charge on any atom is -0.478 e. The Morgan fingerprint density at radius 2 is 1.92 bits per heavy atom. The Morgan fingerprint density at radius 3 is 2.64 bits per heavy atom. The van der Waals surface area contributed by atoms with Crippen molar-refractivity contribution in [3.05, 3.63) is 82.9 Å². The molecule has 2 aliphatic rings. The van der Waals surface area contributed by atoms with E-state index < -0.39 is 17.6 Å². The molecular weight excluding hydrogens is 508 g/mol. The molecule has 1 N–H and O–H groups in total. The Hall–Kier alpha value is -3.83. The number of aromatic nitrogens is 4. The van der Waals surface area contributed by atoms with E-state index in [-0.39, 0.29) is 29.8 Å². The quantitative estimate of drug-likeness (QED) is 0.345. The summed E-state index contributed by atoms with van der Waals surface area (Å²) in [6, 6.07) is 10.4. The molecule has 11 heteroatoms. The third-order valence-corrected chi connectivity index (χ3v) is 7.58. The van der Waals surface area contributed by atoms with Crippen molar-refractivity contribution in [1.29, 1.82) is 0 Å². The molecule has 0 unspecified atom stereocenters. The summed E-state index contributed by atoms with van der Waals surface area (Å²) in [5.41, 5.74) is 3.04. The second kappa shape index (κ2) is 10.7. The molecule has 9 nitrogen and oxygen atoms in total. The van der Waals surface area contributed by atoms with E-state index in [1.54, 1.807) is 24.4 Å². The number of piperidine rings is 1. The predicted octanol–water partition coefficient (Wildman–Crippen LogP) is 4.01. The largest absolute Gasteiger partial charge is 0.478 e. The van der Waals surface area contributed by atoms with E-state index in [1.165, 1.54) is 17.0 Å². The Kier molecular flexibility index (Phi) is 7.01. The first-order valence-electron chi connectivity index (χ1n) is 13.1. The molecule has 4 heterocycles. The summed E-state index contributed by atoms with van der Waals surface area (Å²) in [6.45, 7) is 3.75. The van der Waals surface area contributed by atoms with Crippen LogP contribution in [0.2, 0.25) is 0 Å². The second-order valence-corrected chi connectivity index (χ2v) is 10.1. The number of halogens is 2. The molecule has 0 saturated carbocycles. The number of fused-ring (bicyclic) bond motifs is 1. The molecule has 2 saturated heterocycles. The van der Waals surface area contributed by atoms with Crippen LogP contribution in [-0.4, -0.2) is 61.3 Å². The topological polar surface area (TPSA) is 94.6 Å². The Morgan fingerprint density at radius 1 is 1.10 bits per heavy atom. The number of ether oxygens (including phenoxy) is 1. The summed E-state index contributed by atoms with van der Waals surface area (Å²) >= 11 is 0. The summed E-state index contributed by atoms with van der Waals surface area (Å²) < 4.78 is 34.8. The van der Waals surface area contributed by atoms with E-state index in [9.17, 15) is 18.7 Å². The van der Waals surface area contributed by atoms with Gasteiger partial charge >= 0.3 is 5.97 Å². The van der Waals surface area contributed by atoms with Crippen LogP contribution in [0.1, 0.15) is 52.6 Å². The number of likely N-dealkylation sites (tertiary alicyclic amines) is 1. The minimum absolute atomic E-state index is 0.0491. The standard InChI is InChI=1S/C28H29F2N5O4/c29-21-3-1-20(23(30)14-21)17-39-35-11-7-24(32-35)18-5-9-33(10-6-18)16-27-31-25-4-2-19(28(36)37)13-26(25)34(27)15-22-8-12-38-22/h1-4,7,11,13-14,18,22H,5-6,8-10,12,15-17H2,(H,36,37)/t22-/m0/s1. The van der Waals surface area contributed by atoms with Gasteiger partial charge in [-0.1, -0.05) is 0 Å². The molecule has 0 amide bonds. The minimum atomic E-state index is -0.955. The summed E-state index contributed by atoms with van der Waals surface area (Å²) in [5.74, 6) is -1.04. The normalized spacial score (nSPS) is 18.4. The summed E-state index contributed by atoms with van der Waals surface area (Å²) in [4.78, 5) is 25.7. The number of carboxylic acids is 1. The van der Waals surface area contributed by atoms with Gasteiger partial charge in [0, 0.05) is 24.2 Å². The molecule has 2 aliphatic heterocycles. The monoisotopic (exact) mass is 537 g/mol. The lowest BCUT2D eigenvalue weighted by Gasteiger charge is -2.32. The van der Waals surface area contributed by atoms with Gasteiger partial charge in [0.2, 0.25) is 0 Å². The highest BCUT2D eigenvalue weighted by Crippen LogP contribution is 2.29. The first-order chi connectivity index (χ1) is 18.9. The van der Waals surface area contributed by atoms with Gasteiger partial charge in [-0.3, -0.25) is 4.90 Å². The van der Waals surface area contributed by atoms with Crippen LogP contribution in [0, 0.1) is 11.6 Å². The molecule has 1 atom stereocenters. The van der Waals surface area contributed by atoms with Crippen molar-refractivity contribution < 1.29 is 28.3 Å². The number of nitrogens with zero attached hydrogens (tertiary/aromatic N) is 5. The van der Waals surface area contributed by atoms with Gasteiger partial charge in [-0.15, -0.1) is 9.94 Å². The lowest BCUT2D eigenvalue weighted by molar-refractivity contribution is -0.0592. The average Bonchev–Trinajstić information content (AvgIpc) is 3.50. The molecule has 2 fully saturated rings. The fourth-order valence-electron chi connectivity index (χ4n) is 5.23. The number of carbonyl (C=O) groups is 1. The van der Waals surface area contributed by atoms with Crippen LogP contribution in [0.5, 0.6) is 0 Å². The van der Waals surface area contributed by atoms with Crippen LogP contribution in [0.3, 0.4) is 0 Å². The molecule has 4 aromatic rings.